The fourth-order valence-corrected chi connectivity index (χ4v) is 2.60. The Kier molecular flexibility index (Phi) is 5.64. The molecule has 8 heteroatoms. The van der Waals surface area contributed by atoms with Crippen molar-refractivity contribution in [2.45, 2.75) is 20.8 Å². The molecule has 1 amide bonds. The molecular weight excluding hydrogens is 330 g/mol. The number of hydrazone groups is 1. The van der Waals surface area contributed by atoms with Gasteiger partial charge in [0.25, 0.3) is 11.6 Å². The number of thiophene rings is 1. The van der Waals surface area contributed by atoms with Gasteiger partial charge in [0.05, 0.1) is 20.9 Å². The highest BCUT2D eigenvalue weighted by molar-refractivity contribution is 7.12. The summed E-state index contributed by atoms with van der Waals surface area (Å²) in [6, 6.07) is 7.01. The molecule has 0 radical (unpaired) electrons. The van der Waals surface area contributed by atoms with Crippen molar-refractivity contribution in [2.24, 2.45) is 5.10 Å². The molecule has 0 aliphatic carbocycles. The number of hydrogen-bond acceptors (Lipinski definition) is 6. The van der Waals surface area contributed by atoms with Gasteiger partial charge in [0.1, 0.15) is 5.75 Å². The Morgan fingerprint density at radius 1 is 1.33 bits per heavy atom. The predicted molar refractivity (Wildman–Crippen MR) is 92.7 cm³/mol. The maximum absolute atomic E-state index is 11.8. The van der Waals surface area contributed by atoms with Crippen LogP contribution in [0.2, 0.25) is 0 Å². The number of hydrogen-bond donors (Lipinski definition) is 1. The van der Waals surface area contributed by atoms with Gasteiger partial charge in [0.2, 0.25) is 0 Å². The van der Waals surface area contributed by atoms with E-state index in [4.69, 9.17) is 4.74 Å². The lowest BCUT2D eigenvalue weighted by Crippen LogP contribution is -2.25. The van der Waals surface area contributed by atoms with Gasteiger partial charge in [-0.2, -0.15) is 5.10 Å². The second-order valence-electron chi connectivity index (χ2n) is 5.19. The van der Waals surface area contributed by atoms with Crippen molar-refractivity contribution < 1.29 is 14.5 Å². The summed E-state index contributed by atoms with van der Waals surface area (Å²) in [4.78, 5) is 22.6. The third kappa shape index (κ3) is 4.63. The Bertz CT molecular complexity index is 798. The zero-order chi connectivity index (χ0) is 17.7. The molecular formula is C16H17N3O4S. The van der Waals surface area contributed by atoms with Crippen LogP contribution in [0.3, 0.4) is 0 Å². The second kappa shape index (κ2) is 7.69. The fourth-order valence-electron chi connectivity index (χ4n) is 1.80. The zero-order valence-corrected chi connectivity index (χ0v) is 14.3. The topological polar surface area (TPSA) is 93.8 Å². The highest BCUT2D eigenvalue weighted by Gasteiger charge is 2.11. The lowest BCUT2D eigenvalue weighted by Gasteiger charge is -2.07. The molecule has 0 aliphatic rings. The molecule has 2 rings (SSSR count). The van der Waals surface area contributed by atoms with E-state index in [9.17, 15) is 14.9 Å². The quantitative estimate of drug-likeness (QED) is 0.493. The van der Waals surface area contributed by atoms with E-state index in [2.05, 4.69) is 10.5 Å². The number of carbonyl (C=O) groups is 1. The van der Waals surface area contributed by atoms with Gasteiger partial charge >= 0.3 is 0 Å². The molecule has 0 saturated heterocycles. The summed E-state index contributed by atoms with van der Waals surface area (Å²) in [5.74, 6) is 0.210. The number of ether oxygens (including phenoxy) is 1. The normalized spacial score (nSPS) is 11.2. The number of carbonyl (C=O) groups excluding carboxylic acids is 1. The standard InChI is InChI=1S/C16H17N3O4S/c1-10-4-5-14(6-11(10)2)23-8-16(20)18-17-12(3)15-7-13(9-24-15)19(21)22/h4-7,9H,8H2,1-3H3,(H,18,20)/b17-12+. The molecule has 0 bridgehead atoms. The summed E-state index contributed by atoms with van der Waals surface area (Å²) >= 11 is 1.20. The first-order valence-electron chi connectivity index (χ1n) is 7.13. The van der Waals surface area contributed by atoms with Crippen LogP contribution >= 0.6 is 11.3 Å². The van der Waals surface area contributed by atoms with Crippen molar-refractivity contribution in [2.75, 3.05) is 6.61 Å². The van der Waals surface area contributed by atoms with Crippen LogP contribution in [0, 0.1) is 24.0 Å². The number of benzene rings is 1. The minimum Gasteiger partial charge on any atom is -0.484 e. The van der Waals surface area contributed by atoms with Crippen molar-refractivity contribution in [3.05, 3.63) is 55.8 Å². The van der Waals surface area contributed by atoms with Crippen LogP contribution in [-0.2, 0) is 4.79 Å². The Labute approximate surface area is 143 Å². The maximum atomic E-state index is 11.8. The summed E-state index contributed by atoms with van der Waals surface area (Å²) in [7, 11) is 0. The smallest absolute Gasteiger partial charge is 0.280 e. The van der Waals surface area contributed by atoms with Crippen LogP contribution in [0.4, 0.5) is 5.69 Å². The summed E-state index contributed by atoms with van der Waals surface area (Å²) in [5.41, 5.74) is 5.11. The summed E-state index contributed by atoms with van der Waals surface area (Å²) in [6.07, 6.45) is 0. The average molecular weight is 347 g/mol. The van der Waals surface area contributed by atoms with E-state index in [-0.39, 0.29) is 12.3 Å². The van der Waals surface area contributed by atoms with Gasteiger partial charge in [-0.25, -0.2) is 5.43 Å². The number of nitrogens with zero attached hydrogens (tertiary/aromatic N) is 2. The van der Waals surface area contributed by atoms with Gasteiger partial charge < -0.3 is 4.74 Å². The SMILES string of the molecule is C/C(=N\NC(=O)COc1ccc(C)c(C)c1)c1cc([N+](=O)[O-])cs1. The van der Waals surface area contributed by atoms with Gasteiger partial charge in [0.15, 0.2) is 6.61 Å². The van der Waals surface area contributed by atoms with Crippen molar-refractivity contribution in [1.82, 2.24) is 5.43 Å². The molecule has 1 heterocycles. The number of aryl methyl sites for hydroxylation is 2. The van der Waals surface area contributed by atoms with Gasteiger partial charge in [0, 0.05) is 6.07 Å². The largest absolute Gasteiger partial charge is 0.484 e. The van der Waals surface area contributed by atoms with E-state index in [0.717, 1.165) is 11.1 Å². The lowest BCUT2D eigenvalue weighted by atomic mass is 10.1. The first-order valence-corrected chi connectivity index (χ1v) is 8.01. The monoisotopic (exact) mass is 347 g/mol. The van der Waals surface area contributed by atoms with E-state index in [1.165, 1.54) is 22.8 Å². The Hall–Kier alpha value is -2.74. The van der Waals surface area contributed by atoms with E-state index in [1.807, 2.05) is 26.0 Å². The Balaban J connectivity index is 1.89. The van der Waals surface area contributed by atoms with Gasteiger partial charge in [-0.15, -0.1) is 11.3 Å². The molecule has 2 aromatic rings. The third-order valence-corrected chi connectivity index (χ3v) is 4.38. The van der Waals surface area contributed by atoms with Gasteiger partial charge in [-0.3, -0.25) is 14.9 Å². The zero-order valence-electron chi connectivity index (χ0n) is 13.5. The van der Waals surface area contributed by atoms with Crippen molar-refractivity contribution >= 4 is 28.6 Å². The number of rotatable bonds is 6. The number of nitrogens with one attached hydrogen (secondary N) is 1. The van der Waals surface area contributed by atoms with Crippen LogP contribution < -0.4 is 10.2 Å². The first-order chi connectivity index (χ1) is 11.4. The molecule has 126 valence electrons. The lowest BCUT2D eigenvalue weighted by molar-refractivity contribution is -0.384. The molecule has 0 atom stereocenters. The predicted octanol–water partition coefficient (Wildman–Crippen LogP) is 3.19. The van der Waals surface area contributed by atoms with E-state index in [0.29, 0.717) is 16.3 Å². The maximum Gasteiger partial charge on any atom is 0.280 e. The molecule has 1 N–H and O–H groups in total. The molecule has 0 aliphatic heterocycles. The molecule has 1 aromatic heterocycles. The average Bonchev–Trinajstić information content (AvgIpc) is 3.04. The Morgan fingerprint density at radius 3 is 2.71 bits per heavy atom. The highest BCUT2D eigenvalue weighted by atomic mass is 32.1. The van der Waals surface area contributed by atoms with Crippen LogP contribution in [0.25, 0.3) is 0 Å². The first kappa shape index (κ1) is 17.6. The van der Waals surface area contributed by atoms with E-state index in [1.54, 1.807) is 13.0 Å². The molecule has 24 heavy (non-hydrogen) atoms. The van der Waals surface area contributed by atoms with Crippen LogP contribution in [-0.4, -0.2) is 23.1 Å². The van der Waals surface area contributed by atoms with Crippen LogP contribution in [0.15, 0.2) is 34.7 Å². The van der Waals surface area contributed by atoms with Gasteiger partial charge in [-0.05, 0) is 44.0 Å². The van der Waals surface area contributed by atoms with E-state index >= 15 is 0 Å². The van der Waals surface area contributed by atoms with Crippen LogP contribution in [0.5, 0.6) is 5.75 Å². The minimum absolute atomic E-state index is 0.00829. The molecule has 1 aromatic carbocycles. The molecule has 0 spiro atoms. The molecule has 7 nitrogen and oxygen atoms in total. The fraction of sp³-hybridized carbons (Fsp3) is 0.250. The van der Waals surface area contributed by atoms with E-state index < -0.39 is 10.8 Å². The summed E-state index contributed by atoms with van der Waals surface area (Å²) in [6.45, 7) is 5.47. The van der Waals surface area contributed by atoms with Gasteiger partial charge in [-0.1, -0.05) is 6.07 Å². The van der Waals surface area contributed by atoms with Crippen LogP contribution in [0.1, 0.15) is 22.9 Å². The third-order valence-electron chi connectivity index (χ3n) is 3.35. The number of amides is 1. The van der Waals surface area contributed by atoms with Crippen molar-refractivity contribution in [1.29, 1.82) is 0 Å². The molecule has 0 saturated carbocycles. The number of nitro groups is 1. The van der Waals surface area contributed by atoms with Crippen molar-refractivity contribution in [3.8, 4) is 5.75 Å². The summed E-state index contributed by atoms with van der Waals surface area (Å²) in [5, 5.41) is 16.0. The molecule has 0 unspecified atom stereocenters. The Morgan fingerprint density at radius 2 is 2.08 bits per heavy atom. The second-order valence-corrected chi connectivity index (χ2v) is 6.10. The highest BCUT2D eigenvalue weighted by Crippen LogP contribution is 2.21. The minimum atomic E-state index is -0.469. The van der Waals surface area contributed by atoms with Crippen molar-refractivity contribution in [3.63, 3.8) is 0 Å². The summed E-state index contributed by atoms with van der Waals surface area (Å²) < 4.78 is 5.41. The molecule has 0 fully saturated rings.